The zero-order valence-corrected chi connectivity index (χ0v) is 9.25. The molecule has 0 fully saturated rings. The van der Waals surface area contributed by atoms with Crippen LogP contribution in [0.3, 0.4) is 0 Å². The number of hydrogen-bond donors (Lipinski definition) is 2. The summed E-state index contributed by atoms with van der Waals surface area (Å²) in [6, 6.07) is 4.86. The fourth-order valence-corrected chi connectivity index (χ4v) is 1.85. The fourth-order valence-electron chi connectivity index (χ4n) is 1.28. The Hall–Kier alpha value is -1.59. The summed E-state index contributed by atoms with van der Waals surface area (Å²) in [6.45, 7) is 0. The minimum atomic E-state index is -1.19. The van der Waals surface area contributed by atoms with Gasteiger partial charge >= 0.3 is 5.97 Å². The number of nitrogens with one attached hydrogen (secondary N) is 1. The lowest BCUT2D eigenvalue weighted by Gasteiger charge is -2.03. The Morgan fingerprint density at radius 1 is 1.25 bits per heavy atom. The zero-order valence-electron chi connectivity index (χ0n) is 7.74. The van der Waals surface area contributed by atoms with Crippen LogP contribution in [0.5, 0.6) is 0 Å². The lowest BCUT2D eigenvalue weighted by atomic mass is 10.1. The average molecular weight is 258 g/mol. The summed E-state index contributed by atoms with van der Waals surface area (Å²) in [5.41, 5.74) is 0.273. The van der Waals surface area contributed by atoms with Crippen LogP contribution < -0.4 is 0 Å². The molecule has 0 spiro atoms. The summed E-state index contributed by atoms with van der Waals surface area (Å²) < 4.78 is 0. The third kappa shape index (κ3) is 1.75. The molecule has 7 heteroatoms. The van der Waals surface area contributed by atoms with Crippen LogP contribution in [0.15, 0.2) is 18.2 Å². The number of hydrogen-bond acceptors (Lipinski definition) is 3. The number of benzene rings is 1. The predicted octanol–water partition coefficient (Wildman–Crippen LogP) is 2.48. The van der Waals surface area contributed by atoms with Crippen molar-refractivity contribution in [2.45, 2.75) is 0 Å². The highest BCUT2D eigenvalue weighted by atomic mass is 35.5. The Labute approximate surface area is 100 Å². The normalized spacial score (nSPS) is 10.4. The standard InChI is InChI=1S/C9H5Cl2N3O2/c10-4-2-1-3-5(11)6(4)7-8(9(15)16)13-14-12-7/h1-3H,(H,15,16)(H,12,13,14). The molecule has 0 amide bonds. The minimum Gasteiger partial charge on any atom is -0.476 e. The van der Waals surface area contributed by atoms with E-state index in [0.29, 0.717) is 15.6 Å². The van der Waals surface area contributed by atoms with E-state index in [9.17, 15) is 4.79 Å². The van der Waals surface area contributed by atoms with Gasteiger partial charge in [-0.3, -0.25) is 0 Å². The van der Waals surface area contributed by atoms with Gasteiger partial charge in [0.15, 0.2) is 5.69 Å². The summed E-state index contributed by atoms with van der Waals surface area (Å²) in [7, 11) is 0. The van der Waals surface area contributed by atoms with E-state index >= 15 is 0 Å². The maximum absolute atomic E-state index is 10.9. The molecule has 1 aromatic carbocycles. The van der Waals surface area contributed by atoms with Gasteiger partial charge in [-0.05, 0) is 12.1 Å². The summed E-state index contributed by atoms with van der Waals surface area (Å²) in [5.74, 6) is -1.19. The minimum absolute atomic E-state index is 0.128. The smallest absolute Gasteiger partial charge is 0.358 e. The second-order valence-electron chi connectivity index (χ2n) is 2.92. The van der Waals surface area contributed by atoms with E-state index in [-0.39, 0.29) is 11.4 Å². The molecular weight excluding hydrogens is 253 g/mol. The monoisotopic (exact) mass is 257 g/mol. The van der Waals surface area contributed by atoms with Crippen LogP contribution >= 0.6 is 23.2 Å². The van der Waals surface area contributed by atoms with Gasteiger partial charge in [0.25, 0.3) is 0 Å². The number of carboxylic acids is 1. The molecular formula is C9H5Cl2N3O2. The first-order valence-electron chi connectivity index (χ1n) is 4.19. The summed E-state index contributed by atoms with van der Waals surface area (Å²) >= 11 is 11.9. The number of rotatable bonds is 2. The second kappa shape index (κ2) is 4.11. The molecule has 0 saturated heterocycles. The molecule has 0 unspecified atom stereocenters. The van der Waals surface area contributed by atoms with Gasteiger partial charge in [-0.1, -0.05) is 29.3 Å². The molecule has 82 valence electrons. The molecule has 0 bridgehead atoms. The van der Waals surface area contributed by atoms with E-state index in [1.807, 2.05) is 0 Å². The summed E-state index contributed by atoms with van der Waals surface area (Å²) in [5, 5.41) is 19.0. The summed E-state index contributed by atoms with van der Waals surface area (Å²) in [4.78, 5) is 10.9. The second-order valence-corrected chi connectivity index (χ2v) is 3.74. The molecule has 0 aliphatic heterocycles. The molecule has 0 aliphatic rings. The number of aromatic carboxylic acids is 1. The number of H-pyrrole nitrogens is 1. The molecule has 0 radical (unpaired) electrons. The molecule has 1 aromatic heterocycles. The Balaban J connectivity index is 2.68. The summed E-state index contributed by atoms with van der Waals surface area (Å²) in [6.07, 6.45) is 0. The van der Waals surface area contributed by atoms with E-state index in [2.05, 4.69) is 15.4 Å². The Kier molecular flexibility index (Phi) is 2.80. The van der Waals surface area contributed by atoms with E-state index in [1.54, 1.807) is 18.2 Å². The van der Waals surface area contributed by atoms with Crippen molar-refractivity contribution in [1.29, 1.82) is 0 Å². The molecule has 0 aliphatic carbocycles. The molecule has 16 heavy (non-hydrogen) atoms. The van der Waals surface area contributed by atoms with Crippen LogP contribution in [0, 0.1) is 0 Å². The van der Waals surface area contributed by atoms with Crippen molar-refractivity contribution in [3.05, 3.63) is 33.9 Å². The fraction of sp³-hybridized carbons (Fsp3) is 0. The van der Waals surface area contributed by atoms with Crippen LogP contribution in [0.4, 0.5) is 0 Å². The molecule has 0 saturated carbocycles. The predicted molar refractivity (Wildman–Crippen MR) is 58.8 cm³/mol. The number of halogens is 2. The van der Waals surface area contributed by atoms with Gasteiger partial charge in [0.1, 0.15) is 5.69 Å². The number of carbonyl (C=O) groups is 1. The van der Waals surface area contributed by atoms with Gasteiger partial charge < -0.3 is 5.11 Å². The van der Waals surface area contributed by atoms with Gasteiger partial charge in [-0.15, -0.1) is 5.10 Å². The lowest BCUT2D eigenvalue weighted by Crippen LogP contribution is -1.99. The van der Waals surface area contributed by atoms with E-state index in [0.717, 1.165) is 0 Å². The number of aromatic nitrogens is 3. The maximum Gasteiger partial charge on any atom is 0.358 e. The van der Waals surface area contributed by atoms with E-state index in [1.165, 1.54) is 0 Å². The SMILES string of the molecule is O=C(O)c1n[nH]nc1-c1c(Cl)cccc1Cl. The van der Waals surface area contributed by atoms with Gasteiger partial charge in [0.2, 0.25) is 0 Å². The topological polar surface area (TPSA) is 78.9 Å². The van der Waals surface area contributed by atoms with E-state index in [4.69, 9.17) is 28.3 Å². The molecule has 0 atom stereocenters. The van der Waals surface area contributed by atoms with Crippen molar-refractivity contribution in [2.24, 2.45) is 0 Å². The quantitative estimate of drug-likeness (QED) is 0.867. The highest BCUT2D eigenvalue weighted by Crippen LogP contribution is 2.34. The zero-order chi connectivity index (χ0) is 11.7. The van der Waals surface area contributed by atoms with Crippen molar-refractivity contribution in [2.75, 3.05) is 0 Å². The molecule has 2 N–H and O–H groups in total. The first kappa shape index (κ1) is 10.9. The van der Waals surface area contributed by atoms with Gasteiger partial charge in [-0.25, -0.2) is 4.79 Å². The molecule has 1 heterocycles. The Morgan fingerprint density at radius 3 is 2.44 bits per heavy atom. The van der Waals surface area contributed by atoms with Crippen LogP contribution in [0.25, 0.3) is 11.3 Å². The van der Waals surface area contributed by atoms with Crippen LogP contribution in [-0.4, -0.2) is 26.5 Å². The van der Waals surface area contributed by atoms with Crippen molar-refractivity contribution >= 4 is 29.2 Å². The van der Waals surface area contributed by atoms with Crippen LogP contribution in [0.1, 0.15) is 10.5 Å². The van der Waals surface area contributed by atoms with Gasteiger partial charge in [0, 0.05) is 5.56 Å². The first-order valence-corrected chi connectivity index (χ1v) is 4.95. The van der Waals surface area contributed by atoms with Crippen molar-refractivity contribution in [1.82, 2.24) is 15.4 Å². The van der Waals surface area contributed by atoms with Crippen molar-refractivity contribution in [3.8, 4) is 11.3 Å². The van der Waals surface area contributed by atoms with Gasteiger partial charge in [0.05, 0.1) is 10.0 Å². The largest absolute Gasteiger partial charge is 0.476 e. The van der Waals surface area contributed by atoms with Crippen molar-refractivity contribution < 1.29 is 9.90 Å². The highest BCUT2D eigenvalue weighted by Gasteiger charge is 2.20. The number of nitrogens with zero attached hydrogens (tertiary/aromatic N) is 2. The average Bonchev–Trinajstić information content (AvgIpc) is 2.66. The third-order valence-electron chi connectivity index (χ3n) is 1.95. The van der Waals surface area contributed by atoms with E-state index < -0.39 is 5.97 Å². The number of carboxylic acid groups (broad SMARTS) is 1. The first-order chi connectivity index (χ1) is 7.61. The van der Waals surface area contributed by atoms with Gasteiger partial charge in [-0.2, -0.15) is 10.3 Å². The highest BCUT2D eigenvalue weighted by molar-refractivity contribution is 6.39. The molecule has 2 aromatic rings. The third-order valence-corrected chi connectivity index (χ3v) is 2.58. The lowest BCUT2D eigenvalue weighted by molar-refractivity contribution is 0.0691. The Morgan fingerprint density at radius 2 is 1.88 bits per heavy atom. The van der Waals surface area contributed by atoms with Crippen molar-refractivity contribution in [3.63, 3.8) is 0 Å². The number of aromatic amines is 1. The van der Waals surface area contributed by atoms with Crippen LogP contribution in [0.2, 0.25) is 10.0 Å². The molecule has 2 rings (SSSR count). The van der Waals surface area contributed by atoms with Crippen LogP contribution in [-0.2, 0) is 0 Å². The maximum atomic E-state index is 10.9. The molecule has 5 nitrogen and oxygen atoms in total. The Bertz CT molecular complexity index is 533.